The molecule has 2 rings (SSSR count). The maximum absolute atomic E-state index is 12.9. The molecule has 2 nitrogen and oxygen atoms in total. The van der Waals surface area contributed by atoms with E-state index >= 15 is 0 Å². The molecule has 1 unspecified atom stereocenters. The van der Waals surface area contributed by atoms with E-state index in [1.54, 1.807) is 23.5 Å². The van der Waals surface area contributed by atoms with Gasteiger partial charge in [-0.25, -0.2) is 9.37 Å². The Balaban J connectivity index is 1.91. The normalized spacial score (nSPS) is 12.8. The third-order valence-corrected chi connectivity index (χ3v) is 4.49. The van der Waals surface area contributed by atoms with Crippen molar-refractivity contribution >= 4 is 11.3 Å². The molecule has 4 heteroatoms. The zero-order chi connectivity index (χ0) is 14.5. The minimum atomic E-state index is -0.213. The summed E-state index contributed by atoms with van der Waals surface area (Å²) in [5, 5.41) is 6.45. The molecule has 0 bridgehead atoms. The van der Waals surface area contributed by atoms with Crippen molar-refractivity contribution < 1.29 is 4.39 Å². The molecule has 2 aromatic rings. The summed E-state index contributed by atoms with van der Waals surface area (Å²) in [6.07, 6.45) is 0. The van der Waals surface area contributed by atoms with Crippen LogP contribution >= 0.6 is 11.3 Å². The number of nitrogens with zero attached hydrogens (tertiary/aromatic N) is 1. The molecular weight excluding hydrogens is 271 g/mol. The fourth-order valence-corrected chi connectivity index (χ4v) is 2.60. The maximum Gasteiger partial charge on any atom is 0.123 e. The summed E-state index contributed by atoms with van der Waals surface area (Å²) in [7, 11) is 0. The van der Waals surface area contributed by atoms with Crippen molar-refractivity contribution in [3.05, 3.63) is 41.2 Å². The Morgan fingerprint density at radius 1 is 1.20 bits per heavy atom. The molecule has 0 saturated heterocycles. The van der Waals surface area contributed by atoms with Crippen molar-refractivity contribution in [2.45, 2.75) is 27.3 Å². The van der Waals surface area contributed by atoms with Gasteiger partial charge >= 0.3 is 0 Å². The van der Waals surface area contributed by atoms with Crippen molar-refractivity contribution in [3.63, 3.8) is 0 Å². The third kappa shape index (κ3) is 4.12. The van der Waals surface area contributed by atoms with Crippen molar-refractivity contribution in [2.24, 2.45) is 11.8 Å². The Hall–Kier alpha value is -1.26. The highest BCUT2D eigenvalue weighted by atomic mass is 32.1. The van der Waals surface area contributed by atoms with E-state index in [9.17, 15) is 4.39 Å². The van der Waals surface area contributed by atoms with E-state index in [4.69, 9.17) is 0 Å². The zero-order valence-electron chi connectivity index (χ0n) is 12.2. The minimum absolute atomic E-state index is 0.213. The van der Waals surface area contributed by atoms with Gasteiger partial charge in [-0.05, 0) is 42.6 Å². The van der Waals surface area contributed by atoms with Crippen LogP contribution in [0.4, 0.5) is 4.39 Å². The Morgan fingerprint density at radius 3 is 2.55 bits per heavy atom. The van der Waals surface area contributed by atoms with Gasteiger partial charge < -0.3 is 5.32 Å². The first-order chi connectivity index (χ1) is 9.56. The molecule has 0 fully saturated rings. The van der Waals surface area contributed by atoms with E-state index in [1.165, 1.54) is 12.1 Å². The van der Waals surface area contributed by atoms with E-state index in [2.05, 4.69) is 36.5 Å². The molecule has 1 atom stereocenters. The maximum atomic E-state index is 12.9. The highest BCUT2D eigenvalue weighted by molar-refractivity contribution is 7.13. The first kappa shape index (κ1) is 15.1. The van der Waals surface area contributed by atoms with Crippen molar-refractivity contribution in [1.29, 1.82) is 0 Å². The van der Waals surface area contributed by atoms with Crippen molar-refractivity contribution in [1.82, 2.24) is 10.3 Å². The summed E-state index contributed by atoms with van der Waals surface area (Å²) in [5.74, 6) is 1.13. The first-order valence-corrected chi connectivity index (χ1v) is 7.85. The Bertz CT molecular complexity index is 534. The second kappa shape index (κ2) is 6.95. The second-order valence-electron chi connectivity index (χ2n) is 5.50. The number of benzene rings is 1. The molecule has 0 aliphatic carbocycles. The van der Waals surface area contributed by atoms with Gasteiger partial charge in [0.05, 0.1) is 5.69 Å². The lowest BCUT2D eigenvalue weighted by Gasteiger charge is -2.15. The predicted molar refractivity (Wildman–Crippen MR) is 83.2 cm³/mol. The lowest BCUT2D eigenvalue weighted by molar-refractivity contribution is 0.392. The monoisotopic (exact) mass is 292 g/mol. The topological polar surface area (TPSA) is 24.9 Å². The number of thiazole rings is 1. The first-order valence-electron chi connectivity index (χ1n) is 6.97. The summed E-state index contributed by atoms with van der Waals surface area (Å²) >= 11 is 1.60. The molecule has 0 aliphatic heterocycles. The van der Waals surface area contributed by atoms with E-state index < -0.39 is 0 Å². The molecule has 0 spiro atoms. The molecule has 0 amide bonds. The van der Waals surface area contributed by atoms with Crippen LogP contribution in [0.15, 0.2) is 29.6 Å². The SMILES string of the molecule is CC(C)C(C)CNCc1csc(-c2ccc(F)cc2)n1. The summed E-state index contributed by atoms with van der Waals surface area (Å²) in [4.78, 5) is 4.59. The Kier molecular flexibility index (Phi) is 5.26. The van der Waals surface area contributed by atoms with Gasteiger partial charge in [-0.3, -0.25) is 0 Å². The Morgan fingerprint density at radius 2 is 1.90 bits per heavy atom. The minimum Gasteiger partial charge on any atom is -0.311 e. The number of hydrogen-bond acceptors (Lipinski definition) is 3. The fourth-order valence-electron chi connectivity index (χ4n) is 1.78. The lowest BCUT2D eigenvalue weighted by Crippen LogP contribution is -2.23. The molecule has 1 aromatic carbocycles. The molecule has 0 saturated carbocycles. The van der Waals surface area contributed by atoms with Crippen molar-refractivity contribution in [2.75, 3.05) is 6.54 Å². The predicted octanol–water partition coefficient (Wildman–Crippen LogP) is 4.33. The van der Waals surface area contributed by atoms with Crippen LogP contribution in [0.25, 0.3) is 10.6 Å². The molecule has 108 valence electrons. The van der Waals surface area contributed by atoms with Crippen LogP contribution < -0.4 is 5.32 Å². The molecule has 20 heavy (non-hydrogen) atoms. The summed E-state index contributed by atoms with van der Waals surface area (Å²) in [5.41, 5.74) is 2.02. The summed E-state index contributed by atoms with van der Waals surface area (Å²) < 4.78 is 12.9. The van der Waals surface area contributed by atoms with Gasteiger partial charge in [0.1, 0.15) is 10.8 Å². The number of nitrogens with one attached hydrogen (secondary N) is 1. The van der Waals surface area contributed by atoms with Gasteiger partial charge in [0.25, 0.3) is 0 Å². The van der Waals surface area contributed by atoms with Gasteiger partial charge in [-0.1, -0.05) is 20.8 Å². The van der Waals surface area contributed by atoms with Crippen LogP contribution in [0.1, 0.15) is 26.5 Å². The van der Waals surface area contributed by atoms with Crippen LogP contribution in [-0.2, 0) is 6.54 Å². The van der Waals surface area contributed by atoms with E-state index in [-0.39, 0.29) is 5.82 Å². The summed E-state index contributed by atoms with van der Waals surface area (Å²) in [6, 6.07) is 6.48. The fraction of sp³-hybridized carbons (Fsp3) is 0.438. The van der Waals surface area contributed by atoms with Crippen LogP contribution in [0.5, 0.6) is 0 Å². The number of rotatable bonds is 6. The second-order valence-corrected chi connectivity index (χ2v) is 6.36. The Labute approximate surface area is 124 Å². The van der Waals surface area contributed by atoms with Gasteiger partial charge in [0.15, 0.2) is 0 Å². The standard InChI is InChI=1S/C16H21FN2S/c1-11(2)12(3)8-18-9-15-10-20-16(19-15)13-4-6-14(17)7-5-13/h4-7,10-12,18H,8-9H2,1-3H3. The average Bonchev–Trinajstić information content (AvgIpc) is 2.88. The average molecular weight is 292 g/mol. The smallest absolute Gasteiger partial charge is 0.123 e. The lowest BCUT2D eigenvalue weighted by atomic mass is 9.98. The van der Waals surface area contributed by atoms with Crippen LogP contribution in [0.3, 0.4) is 0 Å². The summed E-state index contributed by atoms with van der Waals surface area (Å²) in [6.45, 7) is 8.52. The number of aromatic nitrogens is 1. The van der Waals surface area contributed by atoms with Crippen LogP contribution in [-0.4, -0.2) is 11.5 Å². The van der Waals surface area contributed by atoms with Gasteiger partial charge in [-0.2, -0.15) is 0 Å². The number of hydrogen-bond donors (Lipinski definition) is 1. The molecule has 0 aliphatic rings. The third-order valence-electron chi connectivity index (χ3n) is 3.55. The van der Waals surface area contributed by atoms with Gasteiger partial charge in [-0.15, -0.1) is 11.3 Å². The number of halogens is 1. The van der Waals surface area contributed by atoms with E-state index in [0.717, 1.165) is 29.4 Å². The van der Waals surface area contributed by atoms with Crippen LogP contribution in [0, 0.1) is 17.7 Å². The van der Waals surface area contributed by atoms with E-state index in [1.807, 2.05) is 0 Å². The molecule has 0 radical (unpaired) electrons. The molecule has 1 N–H and O–H groups in total. The van der Waals surface area contributed by atoms with Gasteiger partial charge in [0.2, 0.25) is 0 Å². The molecule has 1 heterocycles. The van der Waals surface area contributed by atoms with Crippen LogP contribution in [0.2, 0.25) is 0 Å². The highest BCUT2D eigenvalue weighted by Gasteiger charge is 2.08. The van der Waals surface area contributed by atoms with Crippen molar-refractivity contribution in [3.8, 4) is 10.6 Å². The van der Waals surface area contributed by atoms with E-state index in [0.29, 0.717) is 11.8 Å². The quantitative estimate of drug-likeness (QED) is 0.857. The van der Waals surface area contributed by atoms with Gasteiger partial charge in [0, 0.05) is 17.5 Å². The highest BCUT2D eigenvalue weighted by Crippen LogP contribution is 2.23. The molecular formula is C16H21FN2S. The zero-order valence-corrected chi connectivity index (χ0v) is 13.0. The largest absolute Gasteiger partial charge is 0.311 e. The molecule has 1 aromatic heterocycles.